The summed E-state index contributed by atoms with van der Waals surface area (Å²) in [5, 5.41) is 9.86. The second-order valence-electron chi connectivity index (χ2n) is 5.74. The molecule has 0 aromatic carbocycles. The topological polar surface area (TPSA) is 20.2 Å². The van der Waals surface area contributed by atoms with Crippen LogP contribution < -0.4 is 0 Å². The van der Waals surface area contributed by atoms with Crippen LogP contribution >= 0.6 is 0 Å². The standard InChI is InChI=1S/C10H12O/c1-10-6-3-2-4(6)8(10)5(7(3)10)9(2)11/h2-9,11H,1H3. The van der Waals surface area contributed by atoms with Crippen molar-refractivity contribution in [3.63, 3.8) is 0 Å². The Balaban J connectivity index is 1.84. The minimum absolute atomic E-state index is 0.145. The van der Waals surface area contributed by atoms with Crippen molar-refractivity contribution in [2.75, 3.05) is 0 Å². The van der Waals surface area contributed by atoms with E-state index < -0.39 is 0 Å². The van der Waals surface area contributed by atoms with Gasteiger partial charge in [-0.1, -0.05) is 6.92 Å². The van der Waals surface area contributed by atoms with Gasteiger partial charge >= 0.3 is 0 Å². The molecule has 5 unspecified atom stereocenters. The number of aliphatic hydroxyl groups excluding tert-OH is 1. The van der Waals surface area contributed by atoms with Gasteiger partial charge in [-0.3, -0.25) is 0 Å². The molecule has 6 fully saturated rings. The first-order valence-corrected chi connectivity index (χ1v) is 4.96. The zero-order valence-electron chi connectivity index (χ0n) is 6.57. The van der Waals surface area contributed by atoms with Crippen LogP contribution in [0.4, 0.5) is 0 Å². The predicted molar refractivity (Wildman–Crippen MR) is 38.5 cm³/mol. The smallest absolute Gasteiger partial charge is 0.0608 e. The highest BCUT2D eigenvalue weighted by molar-refractivity contribution is 5.44. The fourth-order valence-corrected chi connectivity index (χ4v) is 6.44. The Morgan fingerprint density at radius 3 is 1.91 bits per heavy atom. The summed E-state index contributed by atoms with van der Waals surface area (Å²) in [6.45, 7) is 2.48. The van der Waals surface area contributed by atoms with Gasteiger partial charge in [0, 0.05) is 0 Å². The minimum Gasteiger partial charge on any atom is -0.393 e. The second kappa shape index (κ2) is 0.891. The molecule has 6 aliphatic carbocycles. The second-order valence-corrected chi connectivity index (χ2v) is 5.74. The van der Waals surface area contributed by atoms with Gasteiger partial charge in [-0.05, 0) is 46.8 Å². The lowest BCUT2D eigenvalue weighted by molar-refractivity contribution is -0.440. The van der Waals surface area contributed by atoms with Crippen LogP contribution in [-0.4, -0.2) is 11.2 Å². The van der Waals surface area contributed by atoms with Crippen LogP contribution in [0.3, 0.4) is 0 Å². The molecule has 58 valence electrons. The maximum atomic E-state index is 9.86. The summed E-state index contributed by atoms with van der Waals surface area (Å²) in [5.41, 5.74) is 0.772. The Labute approximate surface area is 65.8 Å². The molecule has 0 spiro atoms. The molecular weight excluding hydrogens is 136 g/mol. The van der Waals surface area contributed by atoms with Crippen molar-refractivity contribution in [2.45, 2.75) is 13.0 Å². The summed E-state index contributed by atoms with van der Waals surface area (Å²) in [5.74, 6) is 6.66. The SMILES string of the molecule is CC12C3C4C(O)C5C3C1C5C42. The van der Waals surface area contributed by atoms with Crippen molar-refractivity contribution in [2.24, 2.45) is 46.8 Å². The summed E-state index contributed by atoms with van der Waals surface area (Å²) in [6, 6.07) is 0. The van der Waals surface area contributed by atoms with E-state index in [1.165, 1.54) is 0 Å². The molecule has 2 bridgehead atoms. The Morgan fingerprint density at radius 1 is 0.909 bits per heavy atom. The third-order valence-corrected chi connectivity index (χ3v) is 6.32. The Bertz CT molecular complexity index is 277. The van der Waals surface area contributed by atoms with Crippen LogP contribution in [-0.2, 0) is 0 Å². The molecule has 0 aromatic heterocycles. The van der Waals surface area contributed by atoms with E-state index in [4.69, 9.17) is 0 Å². The number of aliphatic hydroxyl groups is 1. The van der Waals surface area contributed by atoms with E-state index in [0.29, 0.717) is 0 Å². The molecule has 0 saturated heterocycles. The van der Waals surface area contributed by atoms with Gasteiger partial charge in [-0.15, -0.1) is 0 Å². The Morgan fingerprint density at radius 2 is 1.45 bits per heavy atom. The van der Waals surface area contributed by atoms with Gasteiger partial charge in [0.2, 0.25) is 0 Å². The molecule has 0 aromatic rings. The van der Waals surface area contributed by atoms with Crippen molar-refractivity contribution in [3.8, 4) is 0 Å². The average Bonchev–Trinajstić information content (AvgIpc) is 2.16. The van der Waals surface area contributed by atoms with Gasteiger partial charge in [-0.2, -0.15) is 0 Å². The Kier molecular flexibility index (Phi) is 0.393. The number of hydrogen-bond acceptors (Lipinski definition) is 1. The lowest BCUT2D eigenvalue weighted by Crippen LogP contribution is -2.87. The third kappa shape index (κ3) is 0.188. The maximum Gasteiger partial charge on any atom is 0.0608 e. The predicted octanol–water partition coefficient (Wildman–Crippen LogP) is 0.735. The summed E-state index contributed by atoms with van der Waals surface area (Å²) in [7, 11) is 0. The van der Waals surface area contributed by atoms with Gasteiger partial charge < -0.3 is 5.11 Å². The molecule has 5 atom stereocenters. The van der Waals surface area contributed by atoms with Crippen molar-refractivity contribution < 1.29 is 5.11 Å². The zero-order chi connectivity index (χ0) is 7.12. The number of hydrogen-bond donors (Lipinski definition) is 1. The van der Waals surface area contributed by atoms with Crippen LogP contribution in [0.25, 0.3) is 0 Å². The van der Waals surface area contributed by atoms with E-state index in [9.17, 15) is 5.11 Å². The third-order valence-electron chi connectivity index (χ3n) is 6.32. The maximum absolute atomic E-state index is 9.86. The normalized spacial score (nSPS) is 96.5. The molecule has 0 radical (unpaired) electrons. The molecule has 6 aliphatic rings. The highest BCUT2D eigenvalue weighted by atomic mass is 16.3. The van der Waals surface area contributed by atoms with Crippen molar-refractivity contribution in [1.29, 1.82) is 0 Å². The van der Waals surface area contributed by atoms with E-state index in [2.05, 4.69) is 6.92 Å². The van der Waals surface area contributed by atoms with Crippen molar-refractivity contribution in [3.05, 3.63) is 0 Å². The first-order valence-electron chi connectivity index (χ1n) is 4.96. The van der Waals surface area contributed by atoms with Gasteiger partial charge in [0.1, 0.15) is 0 Å². The minimum atomic E-state index is 0.145. The average molecular weight is 148 g/mol. The van der Waals surface area contributed by atoms with Crippen LogP contribution in [0.5, 0.6) is 0 Å². The van der Waals surface area contributed by atoms with Gasteiger partial charge in [0.25, 0.3) is 0 Å². The molecule has 0 aliphatic heterocycles. The molecule has 11 heavy (non-hydrogen) atoms. The van der Waals surface area contributed by atoms with E-state index >= 15 is 0 Å². The molecule has 0 heterocycles. The molecule has 1 nitrogen and oxygen atoms in total. The van der Waals surface area contributed by atoms with E-state index in [1.807, 2.05) is 0 Å². The molecule has 6 saturated carbocycles. The summed E-state index contributed by atoms with van der Waals surface area (Å²) >= 11 is 0. The quantitative estimate of drug-likeness (QED) is 0.537. The van der Waals surface area contributed by atoms with Gasteiger partial charge in [0.05, 0.1) is 6.10 Å². The molecular formula is C10H12O. The first kappa shape index (κ1) is 4.86. The fraction of sp³-hybridized carbons (Fsp3) is 1.00. The van der Waals surface area contributed by atoms with Crippen LogP contribution in [0.1, 0.15) is 6.92 Å². The van der Waals surface area contributed by atoms with Gasteiger partial charge in [0.15, 0.2) is 0 Å². The van der Waals surface area contributed by atoms with E-state index in [-0.39, 0.29) is 6.10 Å². The van der Waals surface area contributed by atoms with Crippen molar-refractivity contribution >= 4 is 0 Å². The molecule has 6 rings (SSSR count). The van der Waals surface area contributed by atoms with Crippen LogP contribution in [0.15, 0.2) is 0 Å². The largest absolute Gasteiger partial charge is 0.393 e. The number of rotatable bonds is 0. The van der Waals surface area contributed by atoms with Crippen LogP contribution in [0.2, 0.25) is 0 Å². The zero-order valence-corrected chi connectivity index (χ0v) is 6.57. The highest BCUT2D eigenvalue weighted by Crippen LogP contribution is 2.99. The summed E-state index contributed by atoms with van der Waals surface area (Å²) in [6.07, 6.45) is 0.145. The Hall–Kier alpha value is -0.0400. The van der Waals surface area contributed by atoms with E-state index in [1.54, 1.807) is 0 Å². The monoisotopic (exact) mass is 148 g/mol. The molecule has 1 N–H and O–H groups in total. The first-order chi connectivity index (χ1) is 5.28. The van der Waals surface area contributed by atoms with Crippen molar-refractivity contribution in [1.82, 2.24) is 0 Å². The fourth-order valence-electron chi connectivity index (χ4n) is 6.44. The van der Waals surface area contributed by atoms with Gasteiger partial charge in [-0.25, -0.2) is 0 Å². The molecule has 1 heteroatoms. The van der Waals surface area contributed by atoms with E-state index in [0.717, 1.165) is 46.8 Å². The molecule has 0 amide bonds. The summed E-state index contributed by atoms with van der Waals surface area (Å²) in [4.78, 5) is 0. The summed E-state index contributed by atoms with van der Waals surface area (Å²) < 4.78 is 0. The highest BCUT2D eigenvalue weighted by Gasteiger charge is 2.98. The lowest BCUT2D eigenvalue weighted by Gasteiger charge is -2.90. The van der Waals surface area contributed by atoms with Crippen LogP contribution in [0, 0.1) is 46.8 Å². The lowest BCUT2D eigenvalue weighted by atomic mass is 9.14.